The molecule has 0 aliphatic heterocycles. The zero-order valence-corrected chi connectivity index (χ0v) is 10.2. The van der Waals surface area contributed by atoms with Crippen molar-refractivity contribution in [2.24, 2.45) is 5.73 Å². The number of rotatable bonds is 6. The van der Waals surface area contributed by atoms with Gasteiger partial charge >= 0.3 is 0 Å². The van der Waals surface area contributed by atoms with Gasteiger partial charge in [-0.15, -0.1) is 0 Å². The molecular weight excluding hydrogens is 244 g/mol. The lowest BCUT2D eigenvalue weighted by atomic mass is 10.3. The van der Waals surface area contributed by atoms with E-state index in [4.69, 9.17) is 17.3 Å². The van der Waals surface area contributed by atoms with Gasteiger partial charge in [-0.1, -0.05) is 18.5 Å². The van der Waals surface area contributed by atoms with E-state index >= 15 is 0 Å². The van der Waals surface area contributed by atoms with Crippen LogP contribution in [0.1, 0.15) is 19.2 Å². The Balaban J connectivity index is 2.67. The van der Waals surface area contributed by atoms with E-state index in [1.807, 2.05) is 6.92 Å². The highest BCUT2D eigenvalue weighted by Gasteiger charge is 2.11. The van der Waals surface area contributed by atoms with Gasteiger partial charge in [0.2, 0.25) is 5.91 Å². The fraction of sp³-hybridized carbons (Fsp3) is 0.500. The molecule has 1 aromatic heterocycles. The van der Waals surface area contributed by atoms with Gasteiger partial charge in [0.05, 0.1) is 6.54 Å². The van der Waals surface area contributed by atoms with Crippen molar-refractivity contribution in [1.82, 2.24) is 9.97 Å². The molecule has 0 bridgehead atoms. The summed E-state index contributed by atoms with van der Waals surface area (Å²) in [6, 6.07) is 1.52. The van der Waals surface area contributed by atoms with Crippen molar-refractivity contribution >= 4 is 23.3 Å². The molecule has 0 aromatic carbocycles. The minimum Gasteiger partial charge on any atom is -0.381 e. The van der Waals surface area contributed by atoms with Crippen molar-refractivity contribution in [2.45, 2.75) is 25.9 Å². The molecule has 1 aromatic rings. The minimum atomic E-state index is -1.25. The third kappa shape index (κ3) is 4.54. The summed E-state index contributed by atoms with van der Waals surface area (Å²) in [6.07, 6.45) is 0.371. The van der Waals surface area contributed by atoms with Crippen LogP contribution >= 0.6 is 11.6 Å². The largest absolute Gasteiger partial charge is 0.381 e. The standard InChI is InChI=1S/C10H15ClN4O2/c1-2-3-8-14-7(11)4-9(15-8)13-5-6(16)10(12)17/h4,6,16H,2-3,5H2,1H3,(H2,12,17)(H,13,14,15). The van der Waals surface area contributed by atoms with E-state index in [1.54, 1.807) is 0 Å². The Hall–Kier alpha value is -1.40. The highest BCUT2D eigenvalue weighted by molar-refractivity contribution is 6.29. The van der Waals surface area contributed by atoms with Gasteiger partial charge in [0.1, 0.15) is 22.9 Å². The van der Waals surface area contributed by atoms with E-state index in [0.717, 1.165) is 6.42 Å². The van der Waals surface area contributed by atoms with Crippen molar-refractivity contribution in [3.8, 4) is 0 Å². The van der Waals surface area contributed by atoms with Gasteiger partial charge in [-0.05, 0) is 6.42 Å². The summed E-state index contributed by atoms with van der Waals surface area (Å²) in [5.74, 6) is 0.302. The zero-order valence-electron chi connectivity index (χ0n) is 9.48. The van der Waals surface area contributed by atoms with Crippen LogP contribution in [0.25, 0.3) is 0 Å². The number of carbonyl (C=O) groups excluding carboxylic acids is 1. The van der Waals surface area contributed by atoms with Gasteiger partial charge in [-0.25, -0.2) is 9.97 Å². The summed E-state index contributed by atoms with van der Waals surface area (Å²) in [6.45, 7) is 2.00. The first-order valence-corrected chi connectivity index (χ1v) is 5.65. The lowest BCUT2D eigenvalue weighted by Gasteiger charge is -2.10. The van der Waals surface area contributed by atoms with Gasteiger partial charge < -0.3 is 16.2 Å². The van der Waals surface area contributed by atoms with E-state index in [2.05, 4.69) is 15.3 Å². The molecule has 17 heavy (non-hydrogen) atoms. The Morgan fingerprint density at radius 2 is 2.35 bits per heavy atom. The molecule has 1 unspecified atom stereocenters. The molecule has 6 nitrogen and oxygen atoms in total. The zero-order chi connectivity index (χ0) is 12.8. The van der Waals surface area contributed by atoms with Crippen LogP contribution in [0.2, 0.25) is 5.15 Å². The Morgan fingerprint density at radius 1 is 1.65 bits per heavy atom. The van der Waals surface area contributed by atoms with Crippen molar-refractivity contribution in [2.75, 3.05) is 11.9 Å². The average molecular weight is 259 g/mol. The van der Waals surface area contributed by atoms with Gasteiger partial charge in [-0.3, -0.25) is 4.79 Å². The maximum absolute atomic E-state index is 10.6. The molecule has 0 saturated heterocycles. The number of nitrogens with zero attached hydrogens (tertiary/aromatic N) is 2. The molecule has 7 heteroatoms. The molecule has 0 saturated carbocycles. The first-order chi connectivity index (χ1) is 8.02. The van der Waals surface area contributed by atoms with Crippen LogP contribution in [0.3, 0.4) is 0 Å². The molecule has 0 spiro atoms. The summed E-state index contributed by atoms with van der Waals surface area (Å²) in [5, 5.41) is 12.3. The Kier molecular flexibility index (Phi) is 5.11. The minimum absolute atomic E-state index is 0.00571. The van der Waals surface area contributed by atoms with Crippen molar-refractivity contribution in [3.05, 3.63) is 17.0 Å². The van der Waals surface area contributed by atoms with Crippen LogP contribution in [-0.2, 0) is 11.2 Å². The SMILES string of the molecule is CCCc1nc(Cl)cc(NCC(O)C(N)=O)n1. The Morgan fingerprint density at radius 3 is 2.94 bits per heavy atom. The summed E-state index contributed by atoms with van der Waals surface area (Å²) in [4.78, 5) is 18.9. The van der Waals surface area contributed by atoms with Crippen LogP contribution in [-0.4, -0.2) is 33.6 Å². The van der Waals surface area contributed by atoms with Crippen molar-refractivity contribution < 1.29 is 9.90 Å². The number of amides is 1. The molecule has 0 aliphatic rings. The second-order valence-corrected chi connectivity index (χ2v) is 3.93. The van der Waals surface area contributed by atoms with Crippen molar-refractivity contribution in [3.63, 3.8) is 0 Å². The number of aliphatic hydroxyl groups excluding tert-OH is 1. The monoisotopic (exact) mass is 258 g/mol. The molecule has 1 rings (SSSR count). The summed E-state index contributed by atoms with van der Waals surface area (Å²) in [5.41, 5.74) is 4.92. The maximum Gasteiger partial charge on any atom is 0.248 e. The number of nitrogens with one attached hydrogen (secondary N) is 1. The van der Waals surface area contributed by atoms with Crippen LogP contribution in [0.4, 0.5) is 5.82 Å². The van der Waals surface area contributed by atoms with Crippen molar-refractivity contribution in [1.29, 1.82) is 0 Å². The third-order valence-electron chi connectivity index (χ3n) is 2.02. The predicted octanol–water partition coefficient (Wildman–Crippen LogP) is 0.341. The number of anilines is 1. The fourth-order valence-electron chi connectivity index (χ4n) is 1.19. The number of primary amides is 1. The van der Waals surface area contributed by atoms with E-state index in [1.165, 1.54) is 6.07 Å². The molecule has 0 aliphatic carbocycles. The number of carbonyl (C=O) groups is 1. The van der Waals surface area contributed by atoms with Gasteiger partial charge in [0.15, 0.2) is 0 Å². The van der Waals surface area contributed by atoms with Crippen LogP contribution < -0.4 is 11.1 Å². The fourth-order valence-corrected chi connectivity index (χ4v) is 1.39. The van der Waals surface area contributed by atoms with E-state index in [9.17, 15) is 9.90 Å². The molecule has 1 amide bonds. The first kappa shape index (κ1) is 13.7. The van der Waals surface area contributed by atoms with Crippen LogP contribution in [0.15, 0.2) is 6.07 Å². The van der Waals surface area contributed by atoms with Gasteiger partial charge in [-0.2, -0.15) is 0 Å². The van der Waals surface area contributed by atoms with Crippen LogP contribution in [0.5, 0.6) is 0 Å². The molecule has 1 atom stereocenters. The predicted molar refractivity (Wildman–Crippen MR) is 64.7 cm³/mol. The topological polar surface area (TPSA) is 101 Å². The lowest BCUT2D eigenvalue weighted by molar-refractivity contribution is -0.125. The molecule has 0 fully saturated rings. The highest BCUT2D eigenvalue weighted by atomic mass is 35.5. The van der Waals surface area contributed by atoms with Gasteiger partial charge in [0.25, 0.3) is 0 Å². The Labute approximate surface area is 104 Å². The van der Waals surface area contributed by atoms with E-state index in [0.29, 0.717) is 23.2 Å². The summed E-state index contributed by atoms with van der Waals surface area (Å²) < 4.78 is 0. The Bertz CT molecular complexity index is 400. The number of halogens is 1. The summed E-state index contributed by atoms with van der Waals surface area (Å²) in [7, 11) is 0. The quantitative estimate of drug-likeness (QED) is 0.639. The average Bonchev–Trinajstić information content (AvgIpc) is 2.25. The number of hydrogen-bond acceptors (Lipinski definition) is 5. The molecule has 1 heterocycles. The first-order valence-electron chi connectivity index (χ1n) is 5.27. The summed E-state index contributed by atoms with van der Waals surface area (Å²) >= 11 is 5.82. The third-order valence-corrected chi connectivity index (χ3v) is 2.21. The second-order valence-electron chi connectivity index (χ2n) is 3.54. The van der Waals surface area contributed by atoms with Crippen LogP contribution in [0, 0.1) is 0 Å². The van der Waals surface area contributed by atoms with E-state index < -0.39 is 12.0 Å². The second kappa shape index (κ2) is 6.36. The maximum atomic E-state index is 10.6. The number of aliphatic hydroxyl groups is 1. The number of aryl methyl sites for hydroxylation is 1. The van der Waals surface area contributed by atoms with E-state index in [-0.39, 0.29) is 6.54 Å². The normalized spacial score (nSPS) is 12.2. The highest BCUT2D eigenvalue weighted by Crippen LogP contribution is 2.12. The smallest absolute Gasteiger partial charge is 0.248 e. The lowest BCUT2D eigenvalue weighted by Crippen LogP contribution is -2.34. The molecule has 4 N–H and O–H groups in total. The number of nitrogens with two attached hydrogens (primary N) is 1. The van der Waals surface area contributed by atoms with Gasteiger partial charge in [0, 0.05) is 12.5 Å². The molecule has 94 valence electrons. The number of hydrogen-bond donors (Lipinski definition) is 3. The number of aromatic nitrogens is 2. The molecular formula is C10H15ClN4O2. The molecule has 0 radical (unpaired) electrons.